The normalized spacial score (nSPS) is 13.5. The molecule has 0 heterocycles. The fourth-order valence-corrected chi connectivity index (χ4v) is 3.91. The molecule has 0 fully saturated rings. The Balaban J connectivity index is 2.99. The van der Waals surface area contributed by atoms with E-state index in [0.717, 1.165) is 22.9 Å². The smallest absolute Gasteiger partial charge is 0.241 e. The van der Waals surface area contributed by atoms with Crippen molar-refractivity contribution in [2.45, 2.75) is 37.6 Å². The van der Waals surface area contributed by atoms with Gasteiger partial charge in [-0.05, 0) is 31.0 Å². The molecule has 0 bridgehead atoms. The predicted octanol–water partition coefficient (Wildman–Crippen LogP) is 2.85. The third-order valence-corrected chi connectivity index (χ3v) is 4.92. The van der Waals surface area contributed by atoms with E-state index in [1.165, 1.54) is 0 Å². The van der Waals surface area contributed by atoms with Gasteiger partial charge in [-0.1, -0.05) is 35.3 Å². The first-order valence-corrected chi connectivity index (χ1v) is 8.45. The van der Waals surface area contributed by atoms with Crippen LogP contribution >= 0.6 is 15.9 Å². The lowest BCUT2D eigenvalue weighted by Gasteiger charge is -2.18. The number of nitrogens with one attached hydrogen (secondary N) is 1. The molecule has 1 N–H and O–H groups in total. The summed E-state index contributed by atoms with van der Waals surface area (Å²) in [4.78, 5) is 0.305. The second-order valence-electron chi connectivity index (χ2n) is 4.47. The number of sulfonamides is 1. The van der Waals surface area contributed by atoms with Crippen molar-refractivity contribution in [3.05, 3.63) is 28.2 Å². The van der Waals surface area contributed by atoms with E-state index in [2.05, 4.69) is 20.7 Å². The van der Waals surface area contributed by atoms with Gasteiger partial charge >= 0.3 is 0 Å². The quantitative estimate of drug-likeness (QED) is 0.823. The highest BCUT2D eigenvalue weighted by Crippen LogP contribution is 2.21. The fourth-order valence-electron chi connectivity index (χ4n) is 1.87. The van der Waals surface area contributed by atoms with Gasteiger partial charge in [0.25, 0.3) is 0 Å². The van der Waals surface area contributed by atoms with Crippen LogP contribution in [0, 0.1) is 6.92 Å². The molecule has 1 aromatic rings. The summed E-state index contributed by atoms with van der Waals surface area (Å²) in [6, 6.07) is 5.03. The van der Waals surface area contributed by atoms with Crippen LogP contribution in [0.2, 0.25) is 0 Å². The highest BCUT2D eigenvalue weighted by atomic mass is 79.9. The van der Waals surface area contributed by atoms with Crippen molar-refractivity contribution < 1.29 is 13.2 Å². The Hall–Kier alpha value is -0.430. The van der Waals surface area contributed by atoms with Gasteiger partial charge < -0.3 is 4.74 Å². The van der Waals surface area contributed by atoms with Crippen LogP contribution in [0.4, 0.5) is 0 Å². The zero-order valence-electron chi connectivity index (χ0n) is 11.4. The molecule has 0 saturated heterocycles. The number of benzene rings is 1. The zero-order valence-corrected chi connectivity index (χ0v) is 13.8. The van der Waals surface area contributed by atoms with Gasteiger partial charge in [0.05, 0.1) is 11.5 Å². The van der Waals surface area contributed by atoms with Crippen molar-refractivity contribution >= 4 is 26.0 Å². The molecular weight excluding hydrogens is 330 g/mol. The molecule has 1 unspecified atom stereocenters. The van der Waals surface area contributed by atoms with Gasteiger partial charge in [-0.15, -0.1) is 0 Å². The van der Waals surface area contributed by atoms with Crippen LogP contribution in [0.5, 0.6) is 0 Å². The molecule has 0 radical (unpaired) electrons. The Morgan fingerprint density at radius 3 is 2.68 bits per heavy atom. The van der Waals surface area contributed by atoms with Crippen LogP contribution in [0.25, 0.3) is 0 Å². The first-order valence-electron chi connectivity index (χ1n) is 6.18. The number of methoxy groups -OCH3 is 1. The van der Waals surface area contributed by atoms with E-state index in [0.29, 0.717) is 11.5 Å². The molecule has 1 atom stereocenters. The van der Waals surface area contributed by atoms with E-state index >= 15 is 0 Å². The van der Waals surface area contributed by atoms with Crippen LogP contribution in [-0.2, 0) is 14.8 Å². The van der Waals surface area contributed by atoms with Crippen molar-refractivity contribution in [1.82, 2.24) is 4.72 Å². The fraction of sp³-hybridized carbons (Fsp3) is 0.538. The number of halogens is 1. The van der Waals surface area contributed by atoms with Gasteiger partial charge in [0, 0.05) is 17.6 Å². The minimum absolute atomic E-state index is 0.196. The van der Waals surface area contributed by atoms with Crippen LogP contribution in [-0.4, -0.2) is 28.2 Å². The molecule has 0 amide bonds. The van der Waals surface area contributed by atoms with E-state index in [1.807, 2.05) is 13.0 Å². The molecule has 0 saturated carbocycles. The Kier molecular flexibility index (Phi) is 6.46. The van der Waals surface area contributed by atoms with Crippen molar-refractivity contribution in [3.63, 3.8) is 0 Å². The summed E-state index contributed by atoms with van der Waals surface area (Å²) in [6.07, 6.45) is 1.65. The molecule has 1 aromatic carbocycles. The summed E-state index contributed by atoms with van der Waals surface area (Å²) in [5, 5.41) is 0. The minimum Gasteiger partial charge on any atom is -0.383 e. The number of ether oxygens (including phenoxy) is 1. The second kappa shape index (κ2) is 7.38. The maximum Gasteiger partial charge on any atom is 0.241 e. The van der Waals surface area contributed by atoms with E-state index < -0.39 is 10.0 Å². The maximum atomic E-state index is 12.4. The van der Waals surface area contributed by atoms with E-state index in [-0.39, 0.29) is 6.04 Å². The number of aryl methyl sites for hydroxylation is 1. The first kappa shape index (κ1) is 16.6. The molecule has 0 aromatic heterocycles. The molecule has 108 valence electrons. The number of hydrogen-bond donors (Lipinski definition) is 1. The molecule has 1 rings (SSSR count). The van der Waals surface area contributed by atoms with Gasteiger partial charge in [0.2, 0.25) is 10.0 Å². The molecule has 0 spiro atoms. The molecule has 4 nitrogen and oxygen atoms in total. The molecule has 19 heavy (non-hydrogen) atoms. The van der Waals surface area contributed by atoms with Crippen LogP contribution < -0.4 is 4.72 Å². The van der Waals surface area contributed by atoms with E-state index in [4.69, 9.17) is 4.74 Å². The van der Waals surface area contributed by atoms with Crippen molar-refractivity contribution in [3.8, 4) is 0 Å². The highest BCUT2D eigenvalue weighted by Gasteiger charge is 2.21. The molecule has 0 aliphatic heterocycles. The van der Waals surface area contributed by atoms with Crippen molar-refractivity contribution in [2.75, 3.05) is 13.7 Å². The topological polar surface area (TPSA) is 55.4 Å². The molecular formula is C13H20BrNO3S. The van der Waals surface area contributed by atoms with E-state index in [1.54, 1.807) is 26.2 Å². The van der Waals surface area contributed by atoms with Gasteiger partial charge in [-0.3, -0.25) is 0 Å². The highest BCUT2D eigenvalue weighted by molar-refractivity contribution is 9.10. The lowest BCUT2D eigenvalue weighted by atomic mass is 10.2. The summed E-state index contributed by atoms with van der Waals surface area (Å²) < 4.78 is 33.3. The van der Waals surface area contributed by atoms with E-state index in [9.17, 15) is 8.42 Å². The summed E-state index contributed by atoms with van der Waals surface area (Å²) in [7, 11) is -1.95. The number of rotatable bonds is 7. The summed E-state index contributed by atoms with van der Waals surface area (Å²) in [6.45, 7) is 4.17. The van der Waals surface area contributed by atoms with Gasteiger partial charge in [-0.2, -0.15) is 0 Å². The monoisotopic (exact) mass is 349 g/mol. The third-order valence-electron chi connectivity index (χ3n) is 2.77. The summed E-state index contributed by atoms with van der Waals surface area (Å²) in [5.41, 5.74) is 0.725. The third kappa shape index (κ3) is 4.87. The Labute approximate surface area is 123 Å². The molecule has 0 aliphatic carbocycles. The Morgan fingerprint density at radius 2 is 2.11 bits per heavy atom. The average Bonchev–Trinajstić information content (AvgIpc) is 2.32. The van der Waals surface area contributed by atoms with Crippen LogP contribution in [0.1, 0.15) is 25.3 Å². The average molecular weight is 350 g/mol. The lowest BCUT2D eigenvalue weighted by molar-refractivity contribution is 0.171. The van der Waals surface area contributed by atoms with Crippen molar-refractivity contribution in [1.29, 1.82) is 0 Å². The molecule has 0 aliphatic rings. The lowest BCUT2D eigenvalue weighted by Crippen LogP contribution is -2.38. The minimum atomic E-state index is -3.52. The first-order chi connectivity index (χ1) is 8.90. The Morgan fingerprint density at radius 1 is 1.42 bits per heavy atom. The second-order valence-corrected chi connectivity index (χ2v) is 7.07. The van der Waals surface area contributed by atoms with Gasteiger partial charge in [0.15, 0.2) is 0 Å². The van der Waals surface area contributed by atoms with Crippen LogP contribution in [0.3, 0.4) is 0 Å². The zero-order chi connectivity index (χ0) is 14.5. The predicted molar refractivity (Wildman–Crippen MR) is 79.8 cm³/mol. The van der Waals surface area contributed by atoms with Crippen LogP contribution in [0.15, 0.2) is 27.6 Å². The van der Waals surface area contributed by atoms with Crippen molar-refractivity contribution in [2.24, 2.45) is 0 Å². The SMILES string of the molecule is CCCC(COC)NS(=O)(=O)c1cc(Br)ccc1C. The number of hydrogen-bond acceptors (Lipinski definition) is 3. The Bertz CT molecular complexity index is 511. The summed E-state index contributed by atoms with van der Waals surface area (Å²) in [5.74, 6) is 0. The molecule has 6 heteroatoms. The van der Waals surface area contributed by atoms with Gasteiger partial charge in [-0.25, -0.2) is 13.1 Å². The standard InChI is InChI=1S/C13H20BrNO3S/c1-4-5-12(9-18-3)15-19(16,17)13-8-11(14)7-6-10(13)2/h6-8,12,15H,4-5,9H2,1-3H3. The van der Waals surface area contributed by atoms with Gasteiger partial charge in [0.1, 0.15) is 0 Å². The summed E-state index contributed by atoms with van der Waals surface area (Å²) >= 11 is 3.30. The maximum absolute atomic E-state index is 12.4. The largest absolute Gasteiger partial charge is 0.383 e.